The van der Waals surface area contributed by atoms with E-state index in [4.69, 9.17) is 4.99 Å². The molecule has 98 valence electrons. The Balaban J connectivity index is 1.98. The molecular weight excluding hydrogens is 264 g/mol. The second-order valence-corrected chi connectivity index (χ2v) is 6.02. The van der Waals surface area contributed by atoms with Crippen molar-refractivity contribution in [1.29, 1.82) is 0 Å². The van der Waals surface area contributed by atoms with Crippen LogP contribution < -0.4 is 5.32 Å². The molecule has 2 aromatic carbocycles. The van der Waals surface area contributed by atoms with E-state index in [1.165, 1.54) is 26.2 Å². The number of aliphatic imine (C=N–C) groups is 1. The monoisotopic (exact) mass is 278 g/mol. The Morgan fingerprint density at radius 1 is 1.00 bits per heavy atom. The van der Waals surface area contributed by atoms with Crippen LogP contribution in [0.15, 0.2) is 59.6 Å². The van der Waals surface area contributed by atoms with Gasteiger partial charge in [-0.15, -0.1) is 11.3 Å². The molecule has 1 aliphatic heterocycles. The summed E-state index contributed by atoms with van der Waals surface area (Å²) in [5, 5.41) is 4.80. The molecule has 0 radical (unpaired) electrons. The lowest BCUT2D eigenvalue weighted by Crippen LogP contribution is -2.22. The van der Waals surface area contributed by atoms with Crippen molar-refractivity contribution in [3.05, 3.63) is 65.0 Å². The van der Waals surface area contributed by atoms with E-state index in [9.17, 15) is 0 Å². The van der Waals surface area contributed by atoms with Gasteiger partial charge in [0.05, 0.1) is 16.3 Å². The molecule has 1 aliphatic rings. The quantitative estimate of drug-likeness (QED) is 0.696. The number of nitrogens with one attached hydrogen (secondary N) is 1. The largest absolute Gasteiger partial charge is 0.362 e. The number of thiophene rings is 1. The van der Waals surface area contributed by atoms with E-state index in [0.29, 0.717) is 0 Å². The molecule has 2 heterocycles. The molecule has 20 heavy (non-hydrogen) atoms. The fourth-order valence-electron chi connectivity index (χ4n) is 2.65. The number of rotatable bonds is 1. The second-order valence-electron chi connectivity index (χ2n) is 4.97. The van der Waals surface area contributed by atoms with Gasteiger partial charge in [0.15, 0.2) is 0 Å². The minimum atomic E-state index is 0.107. The SMILES string of the molecule is CC1N=C(c2ccccc2)c2sc3ccccc3c2N1. The van der Waals surface area contributed by atoms with Gasteiger partial charge < -0.3 is 5.32 Å². The zero-order chi connectivity index (χ0) is 13.5. The molecule has 0 amide bonds. The predicted octanol–water partition coefficient (Wildman–Crippen LogP) is 4.51. The molecule has 1 unspecified atom stereocenters. The van der Waals surface area contributed by atoms with E-state index in [1.807, 2.05) is 17.4 Å². The van der Waals surface area contributed by atoms with Crippen molar-refractivity contribution < 1.29 is 0 Å². The van der Waals surface area contributed by atoms with Gasteiger partial charge in [-0.25, -0.2) is 0 Å². The number of anilines is 1. The molecule has 0 aliphatic carbocycles. The zero-order valence-electron chi connectivity index (χ0n) is 11.1. The molecule has 0 spiro atoms. The summed E-state index contributed by atoms with van der Waals surface area (Å²) in [6, 6.07) is 19.0. The average Bonchev–Trinajstić information content (AvgIpc) is 2.86. The first-order chi connectivity index (χ1) is 9.83. The summed E-state index contributed by atoms with van der Waals surface area (Å²) in [5.74, 6) is 0. The van der Waals surface area contributed by atoms with Crippen molar-refractivity contribution in [3.8, 4) is 0 Å². The van der Waals surface area contributed by atoms with E-state index in [0.717, 1.165) is 5.71 Å². The Kier molecular flexibility index (Phi) is 2.60. The first kappa shape index (κ1) is 11.7. The highest BCUT2D eigenvalue weighted by atomic mass is 32.1. The van der Waals surface area contributed by atoms with Crippen LogP contribution in [0.4, 0.5) is 5.69 Å². The van der Waals surface area contributed by atoms with Crippen LogP contribution in [0.25, 0.3) is 10.1 Å². The van der Waals surface area contributed by atoms with Crippen LogP contribution in [-0.2, 0) is 0 Å². The number of fused-ring (bicyclic) bond motifs is 3. The molecular formula is C17H14N2S. The maximum Gasteiger partial charge on any atom is 0.116 e. The first-order valence-electron chi connectivity index (χ1n) is 6.74. The van der Waals surface area contributed by atoms with Crippen molar-refractivity contribution >= 4 is 32.8 Å². The topological polar surface area (TPSA) is 24.4 Å². The third-order valence-electron chi connectivity index (χ3n) is 3.53. The normalized spacial score (nSPS) is 17.4. The van der Waals surface area contributed by atoms with Crippen LogP contribution in [0.3, 0.4) is 0 Å². The van der Waals surface area contributed by atoms with Gasteiger partial charge in [-0.3, -0.25) is 4.99 Å². The predicted molar refractivity (Wildman–Crippen MR) is 87.0 cm³/mol. The van der Waals surface area contributed by atoms with E-state index in [1.54, 1.807) is 0 Å². The molecule has 4 rings (SSSR count). The Labute approximate surface area is 121 Å². The lowest BCUT2D eigenvalue weighted by molar-refractivity contribution is 0.847. The molecule has 1 atom stereocenters. The van der Waals surface area contributed by atoms with E-state index in [-0.39, 0.29) is 6.17 Å². The van der Waals surface area contributed by atoms with Crippen LogP contribution in [0, 0.1) is 0 Å². The lowest BCUT2D eigenvalue weighted by atomic mass is 10.0. The molecule has 0 saturated carbocycles. The zero-order valence-corrected chi connectivity index (χ0v) is 11.9. The number of hydrogen-bond acceptors (Lipinski definition) is 3. The van der Waals surface area contributed by atoms with Crippen LogP contribution >= 0.6 is 11.3 Å². The van der Waals surface area contributed by atoms with Crippen LogP contribution in [0.5, 0.6) is 0 Å². The fourth-order valence-corrected chi connectivity index (χ4v) is 3.84. The van der Waals surface area contributed by atoms with Crippen LogP contribution in [0.1, 0.15) is 17.4 Å². The summed E-state index contributed by atoms with van der Waals surface area (Å²) >= 11 is 1.81. The third-order valence-corrected chi connectivity index (χ3v) is 4.71. The lowest BCUT2D eigenvalue weighted by Gasteiger charge is -2.20. The Morgan fingerprint density at radius 2 is 1.75 bits per heavy atom. The third kappa shape index (κ3) is 1.74. The number of nitrogens with zero attached hydrogens (tertiary/aromatic N) is 1. The summed E-state index contributed by atoms with van der Waals surface area (Å²) in [5.41, 5.74) is 3.52. The summed E-state index contributed by atoms with van der Waals surface area (Å²) in [6.07, 6.45) is 0.107. The number of hydrogen-bond donors (Lipinski definition) is 1. The van der Waals surface area contributed by atoms with Gasteiger partial charge in [-0.05, 0) is 13.0 Å². The second kappa shape index (κ2) is 4.46. The van der Waals surface area contributed by atoms with E-state index in [2.05, 4.69) is 60.8 Å². The minimum Gasteiger partial charge on any atom is -0.362 e. The standard InChI is InChI=1S/C17H14N2S/c1-11-18-15(12-7-3-2-4-8-12)17-16(19-11)13-9-5-6-10-14(13)20-17/h2-11,19H,1H3. The molecule has 0 bridgehead atoms. The molecule has 0 fully saturated rings. The van der Waals surface area contributed by atoms with Crippen molar-refractivity contribution in [2.75, 3.05) is 5.32 Å². The molecule has 3 heteroatoms. The number of benzene rings is 2. The van der Waals surface area contributed by atoms with Crippen molar-refractivity contribution in [2.24, 2.45) is 4.99 Å². The summed E-state index contributed by atoms with van der Waals surface area (Å²) in [7, 11) is 0. The van der Waals surface area contributed by atoms with E-state index >= 15 is 0 Å². The molecule has 2 nitrogen and oxygen atoms in total. The Morgan fingerprint density at radius 3 is 2.60 bits per heavy atom. The van der Waals surface area contributed by atoms with Crippen LogP contribution in [-0.4, -0.2) is 11.9 Å². The average molecular weight is 278 g/mol. The molecule has 1 N–H and O–H groups in total. The van der Waals surface area contributed by atoms with Crippen molar-refractivity contribution in [1.82, 2.24) is 0 Å². The smallest absolute Gasteiger partial charge is 0.116 e. The summed E-state index contributed by atoms with van der Waals surface area (Å²) in [6.45, 7) is 2.10. The van der Waals surface area contributed by atoms with Gasteiger partial charge in [0.25, 0.3) is 0 Å². The van der Waals surface area contributed by atoms with Gasteiger partial charge in [0.2, 0.25) is 0 Å². The van der Waals surface area contributed by atoms with Gasteiger partial charge in [-0.2, -0.15) is 0 Å². The maximum atomic E-state index is 4.81. The van der Waals surface area contributed by atoms with Crippen LogP contribution in [0.2, 0.25) is 0 Å². The van der Waals surface area contributed by atoms with Gasteiger partial charge in [-0.1, -0.05) is 48.5 Å². The van der Waals surface area contributed by atoms with Gasteiger partial charge in [0, 0.05) is 15.6 Å². The van der Waals surface area contributed by atoms with E-state index < -0.39 is 0 Å². The summed E-state index contributed by atoms with van der Waals surface area (Å²) in [4.78, 5) is 6.05. The highest BCUT2D eigenvalue weighted by Crippen LogP contribution is 2.39. The fraction of sp³-hybridized carbons (Fsp3) is 0.118. The van der Waals surface area contributed by atoms with Gasteiger partial charge in [0.1, 0.15) is 6.17 Å². The highest BCUT2D eigenvalue weighted by Gasteiger charge is 2.23. The molecule has 1 aromatic heterocycles. The maximum absolute atomic E-state index is 4.81. The molecule has 3 aromatic rings. The van der Waals surface area contributed by atoms with Crippen molar-refractivity contribution in [2.45, 2.75) is 13.1 Å². The van der Waals surface area contributed by atoms with Crippen molar-refractivity contribution in [3.63, 3.8) is 0 Å². The highest BCUT2D eigenvalue weighted by molar-refractivity contribution is 7.22. The minimum absolute atomic E-state index is 0.107. The summed E-state index contributed by atoms with van der Waals surface area (Å²) < 4.78 is 1.31. The Bertz CT molecular complexity index is 802. The first-order valence-corrected chi connectivity index (χ1v) is 7.56. The Hall–Kier alpha value is -2.13. The molecule has 0 saturated heterocycles. The van der Waals surface area contributed by atoms with Gasteiger partial charge >= 0.3 is 0 Å².